The van der Waals surface area contributed by atoms with Crippen LogP contribution in [0.4, 0.5) is 13.2 Å². The van der Waals surface area contributed by atoms with E-state index < -0.39 is 30.8 Å². The van der Waals surface area contributed by atoms with Gasteiger partial charge in [0.1, 0.15) is 0 Å². The third kappa shape index (κ3) is 5.78. The first-order valence-corrected chi connectivity index (χ1v) is 6.58. The smallest absolute Gasteiger partial charge is 0.382 e. The molecule has 0 aromatic rings. The van der Waals surface area contributed by atoms with Crippen LogP contribution in [0.25, 0.3) is 0 Å². The molecule has 1 aliphatic carbocycles. The van der Waals surface area contributed by atoms with Gasteiger partial charge in [0.2, 0.25) is 5.91 Å². The second-order valence-electron chi connectivity index (χ2n) is 5.15. The lowest BCUT2D eigenvalue weighted by Gasteiger charge is -2.24. The van der Waals surface area contributed by atoms with Crippen molar-refractivity contribution < 1.29 is 23.1 Å². The number of hydrogen-bond acceptors (Lipinski definition) is 3. The molecular formula is C12H21F3N2O2. The Kier molecular flexibility index (Phi) is 6.06. The van der Waals surface area contributed by atoms with Crippen molar-refractivity contribution in [3.8, 4) is 0 Å². The van der Waals surface area contributed by atoms with Gasteiger partial charge in [0.15, 0.2) is 6.10 Å². The van der Waals surface area contributed by atoms with Gasteiger partial charge in [-0.25, -0.2) is 0 Å². The summed E-state index contributed by atoms with van der Waals surface area (Å²) in [6.45, 7) is -0.847. The number of halogens is 3. The third-order valence-electron chi connectivity index (χ3n) is 3.50. The first-order valence-electron chi connectivity index (χ1n) is 6.58. The van der Waals surface area contributed by atoms with Crippen LogP contribution in [0.5, 0.6) is 0 Å². The predicted molar refractivity (Wildman–Crippen MR) is 64.2 cm³/mol. The fourth-order valence-corrected chi connectivity index (χ4v) is 2.33. The van der Waals surface area contributed by atoms with Gasteiger partial charge in [-0.15, -0.1) is 0 Å². The fraction of sp³-hybridized carbons (Fsp3) is 0.917. The Balaban J connectivity index is 2.28. The summed E-state index contributed by atoms with van der Waals surface area (Å²) in [5.74, 6) is -0.254. The summed E-state index contributed by atoms with van der Waals surface area (Å²) in [6, 6.07) is -0.802. The molecule has 0 saturated heterocycles. The van der Waals surface area contributed by atoms with Crippen molar-refractivity contribution in [1.82, 2.24) is 5.32 Å². The van der Waals surface area contributed by atoms with Crippen LogP contribution >= 0.6 is 0 Å². The van der Waals surface area contributed by atoms with Gasteiger partial charge in [-0.05, 0) is 12.3 Å². The SMILES string of the molecule is NC(CC1CCCCC1)C(=O)NCC(O)C(F)(F)F. The predicted octanol–water partition coefficient (Wildman–Crippen LogP) is 1.32. The van der Waals surface area contributed by atoms with Gasteiger partial charge >= 0.3 is 6.18 Å². The molecule has 1 aliphatic rings. The highest BCUT2D eigenvalue weighted by molar-refractivity contribution is 5.81. The number of nitrogens with one attached hydrogen (secondary N) is 1. The van der Waals surface area contributed by atoms with Crippen LogP contribution in [-0.4, -0.2) is 35.9 Å². The van der Waals surface area contributed by atoms with Crippen molar-refractivity contribution in [2.45, 2.75) is 56.8 Å². The van der Waals surface area contributed by atoms with Crippen LogP contribution in [0.1, 0.15) is 38.5 Å². The van der Waals surface area contributed by atoms with Crippen molar-refractivity contribution >= 4 is 5.91 Å². The van der Waals surface area contributed by atoms with Crippen LogP contribution in [0.3, 0.4) is 0 Å². The third-order valence-corrected chi connectivity index (χ3v) is 3.50. The Labute approximate surface area is 110 Å². The fourth-order valence-electron chi connectivity index (χ4n) is 2.33. The van der Waals surface area contributed by atoms with E-state index >= 15 is 0 Å². The van der Waals surface area contributed by atoms with Crippen LogP contribution in [0.15, 0.2) is 0 Å². The molecule has 1 rings (SSSR count). The molecule has 4 N–H and O–H groups in total. The van der Waals surface area contributed by atoms with E-state index in [1.807, 2.05) is 5.32 Å². The maximum absolute atomic E-state index is 12.0. The molecule has 4 nitrogen and oxygen atoms in total. The largest absolute Gasteiger partial charge is 0.416 e. The average Bonchev–Trinajstić information content (AvgIpc) is 2.35. The summed E-state index contributed by atoms with van der Waals surface area (Å²) in [4.78, 5) is 11.5. The normalized spacial score (nSPS) is 20.9. The molecule has 0 aromatic heterocycles. The lowest BCUT2D eigenvalue weighted by atomic mass is 9.85. The quantitative estimate of drug-likeness (QED) is 0.712. The summed E-state index contributed by atoms with van der Waals surface area (Å²) in [7, 11) is 0. The molecule has 0 heterocycles. The zero-order chi connectivity index (χ0) is 14.5. The minimum atomic E-state index is -4.72. The zero-order valence-electron chi connectivity index (χ0n) is 10.7. The molecule has 7 heteroatoms. The molecule has 2 atom stereocenters. The van der Waals surface area contributed by atoms with Crippen molar-refractivity contribution in [3.05, 3.63) is 0 Å². The maximum Gasteiger partial charge on any atom is 0.416 e. The van der Waals surface area contributed by atoms with Crippen molar-refractivity contribution in [3.63, 3.8) is 0 Å². The van der Waals surface area contributed by atoms with E-state index in [-0.39, 0.29) is 0 Å². The molecule has 2 unspecified atom stereocenters. The van der Waals surface area contributed by atoms with Gasteiger partial charge in [0.25, 0.3) is 0 Å². The lowest BCUT2D eigenvalue weighted by molar-refractivity contribution is -0.201. The van der Waals surface area contributed by atoms with Gasteiger partial charge in [0, 0.05) is 0 Å². The minimum Gasteiger partial charge on any atom is -0.382 e. The van der Waals surface area contributed by atoms with Crippen molar-refractivity contribution in [2.24, 2.45) is 11.7 Å². The molecule has 0 aromatic carbocycles. The standard InChI is InChI=1S/C12H21F3N2O2/c13-12(14,15)10(18)7-17-11(19)9(16)6-8-4-2-1-3-5-8/h8-10,18H,1-7,16H2,(H,17,19). The maximum atomic E-state index is 12.0. The second kappa shape index (κ2) is 7.09. The van der Waals surface area contributed by atoms with E-state index in [0.717, 1.165) is 25.7 Å². The van der Waals surface area contributed by atoms with E-state index in [9.17, 15) is 18.0 Å². The number of hydrogen-bond donors (Lipinski definition) is 3. The average molecular weight is 282 g/mol. The van der Waals surface area contributed by atoms with E-state index in [0.29, 0.717) is 12.3 Å². The van der Waals surface area contributed by atoms with E-state index in [2.05, 4.69) is 0 Å². The number of rotatable bonds is 5. The number of alkyl halides is 3. The summed E-state index contributed by atoms with van der Waals surface area (Å²) >= 11 is 0. The molecular weight excluding hydrogens is 261 g/mol. The number of aliphatic hydroxyl groups is 1. The Morgan fingerprint density at radius 2 is 1.89 bits per heavy atom. The highest BCUT2D eigenvalue weighted by atomic mass is 19.4. The Bertz CT molecular complexity index is 291. The second-order valence-corrected chi connectivity index (χ2v) is 5.15. The first-order chi connectivity index (χ1) is 8.80. The highest BCUT2D eigenvalue weighted by Gasteiger charge is 2.38. The number of nitrogens with two attached hydrogens (primary N) is 1. The Morgan fingerprint density at radius 3 is 2.42 bits per heavy atom. The topological polar surface area (TPSA) is 75.4 Å². The van der Waals surface area contributed by atoms with Gasteiger partial charge in [-0.3, -0.25) is 4.79 Å². The minimum absolute atomic E-state index is 0.377. The molecule has 112 valence electrons. The summed E-state index contributed by atoms with van der Waals surface area (Å²) in [5, 5.41) is 10.8. The molecule has 0 bridgehead atoms. The number of amides is 1. The summed E-state index contributed by atoms with van der Waals surface area (Å²) in [5.41, 5.74) is 5.67. The van der Waals surface area contributed by atoms with E-state index in [4.69, 9.17) is 10.8 Å². The molecule has 0 radical (unpaired) electrons. The van der Waals surface area contributed by atoms with Gasteiger partial charge in [-0.1, -0.05) is 32.1 Å². The van der Waals surface area contributed by atoms with Gasteiger partial charge in [0.05, 0.1) is 12.6 Å². The number of carbonyl (C=O) groups excluding carboxylic acids is 1. The number of aliphatic hydroxyl groups excluding tert-OH is 1. The molecule has 0 aliphatic heterocycles. The molecule has 19 heavy (non-hydrogen) atoms. The van der Waals surface area contributed by atoms with Crippen LogP contribution in [0.2, 0.25) is 0 Å². The highest BCUT2D eigenvalue weighted by Crippen LogP contribution is 2.27. The van der Waals surface area contributed by atoms with Crippen molar-refractivity contribution in [1.29, 1.82) is 0 Å². The van der Waals surface area contributed by atoms with Crippen LogP contribution < -0.4 is 11.1 Å². The molecule has 1 amide bonds. The van der Waals surface area contributed by atoms with E-state index in [1.165, 1.54) is 6.42 Å². The zero-order valence-corrected chi connectivity index (χ0v) is 10.7. The Hall–Kier alpha value is -0.820. The van der Waals surface area contributed by atoms with E-state index in [1.54, 1.807) is 0 Å². The summed E-state index contributed by atoms with van der Waals surface area (Å²) in [6.07, 6.45) is -1.31. The lowest BCUT2D eigenvalue weighted by Crippen LogP contribution is -2.47. The first kappa shape index (κ1) is 16.2. The molecule has 1 saturated carbocycles. The summed E-state index contributed by atoms with van der Waals surface area (Å²) < 4.78 is 36.1. The number of carbonyl (C=O) groups is 1. The van der Waals surface area contributed by atoms with Crippen LogP contribution in [0, 0.1) is 5.92 Å². The molecule has 0 spiro atoms. The van der Waals surface area contributed by atoms with Gasteiger partial charge < -0.3 is 16.2 Å². The molecule has 1 fully saturated rings. The Morgan fingerprint density at radius 1 is 1.32 bits per heavy atom. The van der Waals surface area contributed by atoms with Crippen molar-refractivity contribution in [2.75, 3.05) is 6.54 Å². The monoisotopic (exact) mass is 282 g/mol. The van der Waals surface area contributed by atoms with Gasteiger partial charge in [-0.2, -0.15) is 13.2 Å². The van der Waals surface area contributed by atoms with Crippen LogP contribution in [-0.2, 0) is 4.79 Å².